The average Bonchev–Trinajstić information content (AvgIpc) is 2.70. The summed E-state index contributed by atoms with van der Waals surface area (Å²) < 4.78 is 0. The van der Waals surface area contributed by atoms with Crippen LogP contribution in [0.2, 0.25) is 0 Å². The molecule has 15 heavy (non-hydrogen) atoms. The zero-order valence-electron chi connectivity index (χ0n) is 10.0. The zero-order valence-corrected chi connectivity index (χ0v) is 10.0. The summed E-state index contributed by atoms with van der Waals surface area (Å²) in [6, 6.07) is -0.141. The Kier molecular flexibility index (Phi) is 4.14. The highest BCUT2D eigenvalue weighted by molar-refractivity contribution is 5.82. The summed E-state index contributed by atoms with van der Waals surface area (Å²) in [6.45, 7) is 5.86. The van der Waals surface area contributed by atoms with E-state index >= 15 is 0 Å². The van der Waals surface area contributed by atoms with E-state index < -0.39 is 0 Å². The van der Waals surface area contributed by atoms with Gasteiger partial charge in [0.2, 0.25) is 5.91 Å². The molecule has 1 rings (SSSR count). The molecule has 0 saturated heterocycles. The van der Waals surface area contributed by atoms with Gasteiger partial charge in [0.05, 0.1) is 6.61 Å². The van der Waals surface area contributed by atoms with Gasteiger partial charge >= 0.3 is 0 Å². The van der Waals surface area contributed by atoms with Gasteiger partial charge in [-0.05, 0) is 25.7 Å². The van der Waals surface area contributed by atoms with Crippen LogP contribution in [0.15, 0.2) is 0 Å². The second-order valence-corrected chi connectivity index (χ2v) is 5.26. The minimum Gasteiger partial charge on any atom is -0.394 e. The van der Waals surface area contributed by atoms with Crippen molar-refractivity contribution in [2.24, 2.45) is 11.3 Å². The van der Waals surface area contributed by atoms with E-state index in [1.54, 1.807) is 0 Å². The summed E-state index contributed by atoms with van der Waals surface area (Å²) in [4.78, 5) is 12.0. The van der Waals surface area contributed by atoms with Crippen LogP contribution < -0.4 is 5.32 Å². The fraction of sp³-hybridized carbons (Fsp3) is 0.917. The number of aliphatic hydroxyl groups is 1. The van der Waals surface area contributed by atoms with E-state index in [2.05, 4.69) is 5.32 Å². The highest BCUT2D eigenvalue weighted by Gasteiger charge is 2.38. The first-order chi connectivity index (χ1) is 6.98. The summed E-state index contributed by atoms with van der Waals surface area (Å²) in [5, 5.41) is 11.8. The molecule has 1 amide bonds. The van der Waals surface area contributed by atoms with Gasteiger partial charge in [0.1, 0.15) is 0 Å². The molecule has 0 aromatic rings. The molecule has 0 aromatic carbocycles. The standard InChI is InChI=1S/C12H23NO2/c1-9(8-14)13-11(15)12(2,3)10-6-4-5-7-10/h9-10,14H,4-8H2,1-3H3,(H,13,15). The van der Waals surface area contributed by atoms with Crippen LogP contribution in [0.4, 0.5) is 0 Å². The third-order valence-corrected chi connectivity index (χ3v) is 3.61. The van der Waals surface area contributed by atoms with E-state index in [-0.39, 0.29) is 24.0 Å². The topological polar surface area (TPSA) is 49.3 Å². The Labute approximate surface area is 92.3 Å². The molecule has 1 aliphatic rings. The molecule has 2 N–H and O–H groups in total. The minimum atomic E-state index is -0.292. The maximum Gasteiger partial charge on any atom is 0.226 e. The molecule has 88 valence electrons. The Morgan fingerprint density at radius 1 is 1.47 bits per heavy atom. The van der Waals surface area contributed by atoms with E-state index in [4.69, 9.17) is 5.11 Å². The molecule has 0 radical (unpaired) electrons. The van der Waals surface area contributed by atoms with Gasteiger partial charge in [-0.1, -0.05) is 26.7 Å². The van der Waals surface area contributed by atoms with Crippen LogP contribution in [0.3, 0.4) is 0 Å². The molecule has 1 atom stereocenters. The highest BCUT2D eigenvalue weighted by Crippen LogP contribution is 2.39. The Balaban J connectivity index is 2.55. The van der Waals surface area contributed by atoms with E-state index in [1.807, 2.05) is 20.8 Å². The molecule has 0 heterocycles. The van der Waals surface area contributed by atoms with Crippen LogP contribution in [-0.4, -0.2) is 23.7 Å². The van der Waals surface area contributed by atoms with Gasteiger partial charge < -0.3 is 10.4 Å². The first-order valence-corrected chi connectivity index (χ1v) is 5.90. The molecule has 1 aliphatic carbocycles. The number of rotatable bonds is 4. The number of carbonyl (C=O) groups is 1. The van der Waals surface area contributed by atoms with Gasteiger partial charge in [0.25, 0.3) is 0 Å². The minimum absolute atomic E-state index is 0.00644. The quantitative estimate of drug-likeness (QED) is 0.746. The summed E-state index contributed by atoms with van der Waals surface area (Å²) in [6.07, 6.45) is 4.82. The van der Waals surface area contributed by atoms with Gasteiger partial charge in [-0.15, -0.1) is 0 Å². The van der Waals surface area contributed by atoms with Crippen molar-refractivity contribution in [3.05, 3.63) is 0 Å². The fourth-order valence-electron chi connectivity index (χ4n) is 2.29. The summed E-state index contributed by atoms with van der Waals surface area (Å²) in [7, 11) is 0. The Morgan fingerprint density at radius 3 is 2.47 bits per heavy atom. The monoisotopic (exact) mass is 213 g/mol. The third-order valence-electron chi connectivity index (χ3n) is 3.61. The Morgan fingerprint density at radius 2 is 2.00 bits per heavy atom. The number of carbonyl (C=O) groups excluding carboxylic acids is 1. The molecule has 1 fully saturated rings. The molecule has 0 aromatic heterocycles. The third kappa shape index (κ3) is 2.94. The van der Waals surface area contributed by atoms with Crippen LogP contribution in [0.5, 0.6) is 0 Å². The van der Waals surface area contributed by atoms with E-state index in [0.29, 0.717) is 5.92 Å². The Bertz CT molecular complexity index is 220. The molecule has 0 bridgehead atoms. The summed E-state index contributed by atoms with van der Waals surface area (Å²) >= 11 is 0. The van der Waals surface area contributed by atoms with Gasteiger partial charge in [0.15, 0.2) is 0 Å². The molecule has 3 heteroatoms. The molecular formula is C12H23NO2. The molecule has 3 nitrogen and oxygen atoms in total. The summed E-state index contributed by atoms with van der Waals surface area (Å²) in [5.74, 6) is 0.583. The predicted octanol–water partition coefficient (Wildman–Crippen LogP) is 1.70. The van der Waals surface area contributed by atoms with Crippen molar-refractivity contribution in [1.82, 2.24) is 5.32 Å². The molecule has 1 unspecified atom stereocenters. The lowest BCUT2D eigenvalue weighted by atomic mass is 9.77. The van der Waals surface area contributed by atoms with E-state index in [9.17, 15) is 4.79 Å². The summed E-state index contributed by atoms with van der Waals surface area (Å²) in [5.41, 5.74) is -0.292. The van der Waals surface area contributed by atoms with E-state index in [0.717, 1.165) is 12.8 Å². The lowest BCUT2D eigenvalue weighted by Gasteiger charge is -2.31. The molecular weight excluding hydrogens is 190 g/mol. The predicted molar refractivity (Wildman–Crippen MR) is 60.4 cm³/mol. The van der Waals surface area contributed by atoms with Crippen molar-refractivity contribution in [1.29, 1.82) is 0 Å². The van der Waals surface area contributed by atoms with Crippen molar-refractivity contribution >= 4 is 5.91 Å². The van der Waals surface area contributed by atoms with Crippen molar-refractivity contribution in [2.75, 3.05) is 6.61 Å². The van der Waals surface area contributed by atoms with Crippen LogP contribution in [0, 0.1) is 11.3 Å². The first-order valence-electron chi connectivity index (χ1n) is 5.90. The smallest absolute Gasteiger partial charge is 0.226 e. The van der Waals surface area contributed by atoms with Gasteiger partial charge in [-0.2, -0.15) is 0 Å². The van der Waals surface area contributed by atoms with Crippen LogP contribution in [-0.2, 0) is 4.79 Å². The largest absolute Gasteiger partial charge is 0.394 e. The van der Waals surface area contributed by atoms with Gasteiger partial charge in [0, 0.05) is 11.5 Å². The number of hydrogen-bond donors (Lipinski definition) is 2. The Hall–Kier alpha value is -0.570. The first kappa shape index (κ1) is 12.5. The number of nitrogens with one attached hydrogen (secondary N) is 1. The van der Waals surface area contributed by atoms with Crippen LogP contribution in [0.1, 0.15) is 46.5 Å². The second kappa shape index (κ2) is 4.97. The van der Waals surface area contributed by atoms with Gasteiger partial charge in [-0.25, -0.2) is 0 Å². The zero-order chi connectivity index (χ0) is 11.5. The highest BCUT2D eigenvalue weighted by atomic mass is 16.3. The lowest BCUT2D eigenvalue weighted by Crippen LogP contribution is -2.46. The molecule has 0 aliphatic heterocycles. The van der Waals surface area contributed by atoms with Crippen LogP contribution in [0.25, 0.3) is 0 Å². The SMILES string of the molecule is CC(CO)NC(=O)C(C)(C)C1CCCC1. The number of hydrogen-bond acceptors (Lipinski definition) is 2. The van der Waals surface area contributed by atoms with Gasteiger partial charge in [-0.3, -0.25) is 4.79 Å². The molecule has 0 spiro atoms. The lowest BCUT2D eigenvalue weighted by molar-refractivity contribution is -0.133. The average molecular weight is 213 g/mol. The number of amides is 1. The van der Waals surface area contributed by atoms with Crippen molar-refractivity contribution in [3.63, 3.8) is 0 Å². The molecule has 1 saturated carbocycles. The van der Waals surface area contributed by atoms with Crippen molar-refractivity contribution in [2.45, 2.75) is 52.5 Å². The van der Waals surface area contributed by atoms with E-state index in [1.165, 1.54) is 12.8 Å². The van der Waals surface area contributed by atoms with Crippen molar-refractivity contribution < 1.29 is 9.90 Å². The number of aliphatic hydroxyl groups excluding tert-OH is 1. The normalized spacial score (nSPS) is 20.3. The fourth-order valence-corrected chi connectivity index (χ4v) is 2.29. The van der Waals surface area contributed by atoms with Crippen LogP contribution >= 0.6 is 0 Å². The van der Waals surface area contributed by atoms with Crippen molar-refractivity contribution in [3.8, 4) is 0 Å². The second-order valence-electron chi connectivity index (χ2n) is 5.26. The maximum absolute atomic E-state index is 12.0. The maximum atomic E-state index is 12.0.